The fraction of sp³-hybridized carbons (Fsp3) is 0.125. The van der Waals surface area contributed by atoms with Gasteiger partial charge in [0.1, 0.15) is 5.75 Å². The number of thiocarbonyl (C=S) groups is 1. The van der Waals surface area contributed by atoms with Crippen molar-refractivity contribution in [3.05, 3.63) is 56.5 Å². The Bertz CT molecular complexity index is 796. The molecule has 4 nitrogen and oxygen atoms in total. The topological polar surface area (TPSA) is 61.4 Å². The molecule has 1 amide bonds. The number of nitrogens with one attached hydrogen (secondary N) is 2. The highest BCUT2D eigenvalue weighted by atomic mass is 79.9. The maximum Gasteiger partial charge on any atom is 0.258 e. The fourth-order valence-corrected chi connectivity index (χ4v) is 2.66. The molecule has 0 saturated carbocycles. The molecule has 0 spiro atoms. The molecule has 0 fully saturated rings. The predicted octanol–water partition coefficient (Wildman–Crippen LogP) is 4.55. The van der Waals surface area contributed by atoms with Crippen LogP contribution in [0.5, 0.6) is 5.75 Å². The van der Waals surface area contributed by atoms with E-state index in [0.29, 0.717) is 16.3 Å². The first-order valence-corrected chi connectivity index (χ1v) is 8.23. The van der Waals surface area contributed by atoms with Crippen LogP contribution in [0, 0.1) is 13.8 Å². The van der Waals surface area contributed by atoms with E-state index in [1.165, 1.54) is 0 Å². The first-order chi connectivity index (χ1) is 10.8. The van der Waals surface area contributed by atoms with Gasteiger partial charge in [-0.25, -0.2) is 0 Å². The minimum absolute atomic E-state index is 0.0604. The Morgan fingerprint density at radius 1 is 1.22 bits per heavy atom. The van der Waals surface area contributed by atoms with Crippen molar-refractivity contribution in [2.24, 2.45) is 0 Å². The number of aryl methyl sites for hydroxylation is 2. The molecule has 120 valence electrons. The summed E-state index contributed by atoms with van der Waals surface area (Å²) in [7, 11) is 0. The van der Waals surface area contributed by atoms with Crippen molar-refractivity contribution in [1.82, 2.24) is 5.32 Å². The van der Waals surface area contributed by atoms with E-state index in [1.807, 2.05) is 13.8 Å². The number of aromatic hydroxyl groups is 1. The molecule has 2 aromatic rings. The van der Waals surface area contributed by atoms with E-state index in [2.05, 4.69) is 26.6 Å². The van der Waals surface area contributed by atoms with Crippen LogP contribution in [-0.2, 0) is 0 Å². The predicted molar refractivity (Wildman–Crippen MR) is 100 cm³/mol. The number of anilines is 1. The van der Waals surface area contributed by atoms with Gasteiger partial charge in [0.25, 0.3) is 5.91 Å². The van der Waals surface area contributed by atoms with Crippen LogP contribution in [0.1, 0.15) is 21.5 Å². The Balaban J connectivity index is 2.12. The summed E-state index contributed by atoms with van der Waals surface area (Å²) in [4.78, 5) is 12.2. The van der Waals surface area contributed by atoms with E-state index < -0.39 is 5.91 Å². The van der Waals surface area contributed by atoms with Crippen LogP contribution >= 0.6 is 39.7 Å². The molecule has 23 heavy (non-hydrogen) atoms. The van der Waals surface area contributed by atoms with Crippen molar-refractivity contribution >= 4 is 56.5 Å². The summed E-state index contributed by atoms with van der Waals surface area (Å²) in [5, 5.41) is 15.7. The quantitative estimate of drug-likeness (QED) is 0.499. The molecular formula is C16H14BrClN2O2S. The number of benzene rings is 2. The van der Waals surface area contributed by atoms with Gasteiger partial charge in [-0.3, -0.25) is 10.1 Å². The highest BCUT2D eigenvalue weighted by molar-refractivity contribution is 9.10. The maximum absolute atomic E-state index is 12.2. The molecule has 0 aliphatic heterocycles. The summed E-state index contributed by atoms with van der Waals surface area (Å²) in [5.74, 6) is -0.373. The molecule has 0 saturated heterocycles. The van der Waals surface area contributed by atoms with E-state index >= 15 is 0 Å². The SMILES string of the molecule is Cc1cc(O)c(NC(=S)NC(=O)c2cc(Br)ccc2Cl)cc1C. The van der Waals surface area contributed by atoms with Crippen molar-refractivity contribution in [2.75, 3.05) is 5.32 Å². The monoisotopic (exact) mass is 412 g/mol. The van der Waals surface area contributed by atoms with Gasteiger partial charge < -0.3 is 10.4 Å². The summed E-state index contributed by atoms with van der Waals surface area (Å²) in [6, 6.07) is 8.35. The lowest BCUT2D eigenvalue weighted by Crippen LogP contribution is -2.34. The molecule has 0 aromatic heterocycles. The number of carbonyl (C=O) groups is 1. The van der Waals surface area contributed by atoms with E-state index in [-0.39, 0.29) is 10.9 Å². The molecule has 0 aliphatic rings. The molecule has 0 atom stereocenters. The number of rotatable bonds is 2. The van der Waals surface area contributed by atoms with Gasteiger partial charge in [-0.2, -0.15) is 0 Å². The van der Waals surface area contributed by atoms with Crippen LogP contribution < -0.4 is 10.6 Å². The van der Waals surface area contributed by atoms with Gasteiger partial charge in [-0.1, -0.05) is 27.5 Å². The first-order valence-electron chi connectivity index (χ1n) is 6.65. The van der Waals surface area contributed by atoms with Gasteiger partial charge in [-0.05, 0) is 67.5 Å². The zero-order chi connectivity index (χ0) is 17.1. The van der Waals surface area contributed by atoms with Crippen LogP contribution in [-0.4, -0.2) is 16.1 Å². The second kappa shape index (κ2) is 7.29. The lowest BCUT2D eigenvalue weighted by Gasteiger charge is -2.13. The van der Waals surface area contributed by atoms with Gasteiger partial charge in [0.2, 0.25) is 0 Å². The summed E-state index contributed by atoms with van der Waals surface area (Å²) in [6.45, 7) is 3.82. The van der Waals surface area contributed by atoms with Crippen LogP contribution in [0.3, 0.4) is 0 Å². The largest absolute Gasteiger partial charge is 0.506 e. The molecule has 2 aromatic carbocycles. The van der Waals surface area contributed by atoms with Gasteiger partial charge in [-0.15, -0.1) is 0 Å². The van der Waals surface area contributed by atoms with Crippen molar-refractivity contribution < 1.29 is 9.90 Å². The number of phenols is 1. The average Bonchev–Trinajstić information content (AvgIpc) is 2.47. The molecule has 0 bridgehead atoms. The maximum atomic E-state index is 12.2. The Morgan fingerprint density at radius 3 is 2.57 bits per heavy atom. The van der Waals surface area contributed by atoms with Crippen LogP contribution in [0.15, 0.2) is 34.8 Å². The van der Waals surface area contributed by atoms with Gasteiger partial charge in [0.05, 0.1) is 16.3 Å². The third-order valence-corrected chi connectivity index (χ3v) is 4.29. The van der Waals surface area contributed by atoms with Crippen LogP contribution in [0.25, 0.3) is 0 Å². The number of halogens is 2. The molecule has 3 N–H and O–H groups in total. The van der Waals surface area contributed by atoms with Gasteiger partial charge >= 0.3 is 0 Å². The second-order valence-electron chi connectivity index (χ2n) is 4.99. The highest BCUT2D eigenvalue weighted by Gasteiger charge is 2.13. The van der Waals surface area contributed by atoms with E-state index in [4.69, 9.17) is 23.8 Å². The lowest BCUT2D eigenvalue weighted by atomic mass is 10.1. The second-order valence-corrected chi connectivity index (χ2v) is 6.72. The van der Waals surface area contributed by atoms with Crippen molar-refractivity contribution in [2.45, 2.75) is 13.8 Å². The minimum Gasteiger partial charge on any atom is -0.506 e. The van der Waals surface area contributed by atoms with E-state index in [1.54, 1.807) is 30.3 Å². The Labute approximate surface area is 153 Å². The van der Waals surface area contributed by atoms with E-state index in [0.717, 1.165) is 15.6 Å². The number of amides is 1. The Hall–Kier alpha value is -1.63. The van der Waals surface area contributed by atoms with Crippen LogP contribution in [0.2, 0.25) is 5.02 Å². The number of hydrogen-bond donors (Lipinski definition) is 3. The zero-order valence-corrected chi connectivity index (χ0v) is 15.6. The lowest BCUT2D eigenvalue weighted by molar-refractivity contribution is 0.0978. The molecule has 0 unspecified atom stereocenters. The van der Waals surface area contributed by atoms with Crippen molar-refractivity contribution in [3.8, 4) is 5.75 Å². The summed E-state index contributed by atoms with van der Waals surface area (Å²) in [5.41, 5.74) is 2.69. The van der Waals surface area contributed by atoms with Crippen LogP contribution in [0.4, 0.5) is 5.69 Å². The summed E-state index contributed by atoms with van der Waals surface area (Å²) >= 11 is 14.4. The van der Waals surface area contributed by atoms with Gasteiger partial charge in [0, 0.05) is 4.47 Å². The third-order valence-electron chi connectivity index (χ3n) is 3.26. The molecule has 0 radical (unpaired) electrons. The summed E-state index contributed by atoms with van der Waals surface area (Å²) < 4.78 is 0.734. The standard InChI is InChI=1S/C16H14BrClN2O2S/c1-8-5-13(14(21)6-9(8)2)19-16(23)20-15(22)11-7-10(17)3-4-12(11)18/h3-7,21H,1-2H3,(H2,19,20,22,23). The molecular weight excluding hydrogens is 400 g/mol. The summed E-state index contributed by atoms with van der Waals surface area (Å²) in [6.07, 6.45) is 0. The normalized spacial score (nSPS) is 10.3. The highest BCUT2D eigenvalue weighted by Crippen LogP contribution is 2.27. The Kier molecular flexibility index (Phi) is 5.62. The molecule has 0 aliphatic carbocycles. The smallest absolute Gasteiger partial charge is 0.258 e. The number of hydrogen-bond acceptors (Lipinski definition) is 3. The third kappa shape index (κ3) is 4.43. The molecule has 0 heterocycles. The number of phenolic OH excluding ortho intramolecular Hbond substituents is 1. The fourth-order valence-electron chi connectivity index (χ4n) is 1.90. The Morgan fingerprint density at radius 2 is 1.87 bits per heavy atom. The number of carbonyl (C=O) groups excluding carboxylic acids is 1. The minimum atomic E-state index is -0.433. The van der Waals surface area contributed by atoms with Crippen molar-refractivity contribution in [1.29, 1.82) is 0 Å². The van der Waals surface area contributed by atoms with E-state index in [9.17, 15) is 9.90 Å². The average molecular weight is 414 g/mol. The zero-order valence-electron chi connectivity index (χ0n) is 12.4. The molecule has 7 heteroatoms. The first kappa shape index (κ1) is 17.7. The van der Waals surface area contributed by atoms with Gasteiger partial charge in [0.15, 0.2) is 5.11 Å². The van der Waals surface area contributed by atoms with Crippen molar-refractivity contribution in [3.63, 3.8) is 0 Å². The molecule has 2 rings (SSSR count).